The molecular formula is C24H20F2NO2P. The number of carbonyl (C=O) groups excluding carboxylic acids is 1. The fourth-order valence-electron chi connectivity index (χ4n) is 3.37. The van der Waals surface area contributed by atoms with Crippen molar-refractivity contribution in [2.24, 2.45) is 0 Å². The number of methoxy groups -OCH3 is 1. The Hall–Kier alpha value is -3.09. The van der Waals surface area contributed by atoms with Crippen molar-refractivity contribution in [1.29, 1.82) is 5.26 Å². The molecule has 0 aromatic heterocycles. The Kier molecular flexibility index (Phi) is 6.59. The molecule has 3 nitrogen and oxygen atoms in total. The number of carbonyl (C=O) groups is 1. The zero-order valence-corrected chi connectivity index (χ0v) is 17.5. The molecule has 0 N–H and O–H groups in total. The molecule has 30 heavy (non-hydrogen) atoms. The highest BCUT2D eigenvalue weighted by Crippen LogP contribution is 2.40. The molecule has 1 unspecified atom stereocenters. The lowest BCUT2D eigenvalue weighted by Crippen LogP contribution is -2.07. The van der Waals surface area contributed by atoms with Crippen LogP contribution in [0.2, 0.25) is 0 Å². The number of nitriles is 1. The van der Waals surface area contributed by atoms with E-state index in [1.807, 2.05) is 18.2 Å². The summed E-state index contributed by atoms with van der Waals surface area (Å²) < 4.78 is 33.5. The maximum atomic E-state index is 14.2. The van der Waals surface area contributed by atoms with Gasteiger partial charge in [0.05, 0.1) is 18.2 Å². The Bertz CT molecular complexity index is 1110. The van der Waals surface area contributed by atoms with Crippen molar-refractivity contribution in [3.8, 4) is 11.8 Å². The first-order valence-corrected chi connectivity index (χ1v) is 9.89. The number of hydrogen-bond acceptors (Lipinski definition) is 3. The predicted octanol–water partition coefficient (Wildman–Crippen LogP) is 6.21. The summed E-state index contributed by atoms with van der Waals surface area (Å²) in [7, 11) is 2.86. The minimum Gasteiger partial charge on any atom is -0.496 e. The maximum absolute atomic E-state index is 14.2. The molecule has 0 bridgehead atoms. The minimum absolute atomic E-state index is 0.0440. The molecule has 0 radical (unpaired) electrons. The van der Waals surface area contributed by atoms with E-state index in [0.717, 1.165) is 30.0 Å². The molecule has 0 spiro atoms. The van der Waals surface area contributed by atoms with Crippen LogP contribution in [-0.4, -0.2) is 13.4 Å². The second kappa shape index (κ2) is 9.15. The van der Waals surface area contributed by atoms with Gasteiger partial charge in [-0.05, 0) is 47.2 Å². The van der Waals surface area contributed by atoms with Gasteiger partial charge in [-0.2, -0.15) is 14.0 Å². The number of rotatable bonds is 6. The number of hydrogen-bond donors (Lipinski definition) is 0. The van der Waals surface area contributed by atoms with Gasteiger partial charge in [-0.15, -0.1) is 0 Å². The first-order chi connectivity index (χ1) is 14.4. The average molecular weight is 423 g/mol. The van der Waals surface area contributed by atoms with Crippen molar-refractivity contribution in [2.45, 2.75) is 18.5 Å². The topological polar surface area (TPSA) is 50.1 Å². The first-order valence-electron chi connectivity index (χ1n) is 9.31. The Morgan fingerprint density at radius 1 is 1.17 bits per heavy atom. The van der Waals surface area contributed by atoms with Crippen LogP contribution in [0.3, 0.4) is 0 Å². The van der Waals surface area contributed by atoms with E-state index in [4.69, 9.17) is 4.74 Å². The van der Waals surface area contributed by atoms with Gasteiger partial charge >= 0.3 is 0 Å². The van der Waals surface area contributed by atoms with Gasteiger partial charge in [0.1, 0.15) is 11.8 Å². The summed E-state index contributed by atoms with van der Waals surface area (Å²) in [6, 6.07) is 10.2. The molecule has 6 heteroatoms. The van der Waals surface area contributed by atoms with Crippen LogP contribution in [0.4, 0.5) is 8.78 Å². The molecule has 0 fully saturated rings. The summed E-state index contributed by atoms with van der Waals surface area (Å²) in [4.78, 5) is 11.2. The molecule has 2 aromatic rings. The summed E-state index contributed by atoms with van der Waals surface area (Å²) in [6.45, 7) is 0. The summed E-state index contributed by atoms with van der Waals surface area (Å²) in [5.41, 5.74) is -0.441. The smallest absolute Gasteiger partial charge is 0.284 e. The van der Waals surface area contributed by atoms with Gasteiger partial charge in [-0.1, -0.05) is 57.8 Å². The molecule has 1 aliphatic rings. The van der Waals surface area contributed by atoms with Gasteiger partial charge in [0.2, 0.25) is 0 Å². The van der Waals surface area contributed by atoms with E-state index in [1.54, 1.807) is 12.1 Å². The van der Waals surface area contributed by atoms with Crippen LogP contribution in [-0.2, 0) is 5.66 Å². The third kappa shape index (κ3) is 4.56. The molecule has 152 valence electrons. The van der Waals surface area contributed by atoms with Gasteiger partial charge in [0, 0.05) is 5.56 Å². The van der Waals surface area contributed by atoms with Crippen LogP contribution >= 0.6 is 9.24 Å². The number of allylic oxidation sites excluding steroid dienone is 4. The zero-order chi connectivity index (χ0) is 21.7. The van der Waals surface area contributed by atoms with E-state index in [0.29, 0.717) is 17.4 Å². The standard InChI is InChI=1S/C24H20F2NO2P/c1-29-23-13-18(22(24(25,26)30)12-19(23)15-28)11-10-17-8-5-9-20(21(17)14-27)16-6-3-2-4-7-16/h3,5-13,15H,2,4,30H2,1H3/b11-10+. The summed E-state index contributed by atoms with van der Waals surface area (Å²) >= 11 is 0. The third-order valence-electron chi connectivity index (χ3n) is 4.84. The number of ether oxygens (including phenoxy) is 1. The van der Waals surface area contributed by atoms with Crippen LogP contribution in [0, 0.1) is 11.3 Å². The van der Waals surface area contributed by atoms with Crippen LogP contribution in [0.5, 0.6) is 5.75 Å². The van der Waals surface area contributed by atoms with E-state index in [1.165, 1.54) is 28.5 Å². The van der Waals surface area contributed by atoms with Gasteiger partial charge < -0.3 is 4.74 Å². The Labute approximate surface area is 176 Å². The predicted molar refractivity (Wildman–Crippen MR) is 118 cm³/mol. The molecule has 2 aromatic carbocycles. The summed E-state index contributed by atoms with van der Waals surface area (Å²) in [5.74, 6) is 0.203. The molecular weight excluding hydrogens is 403 g/mol. The highest BCUT2D eigenvalue weighted by atomic mass is 31.0. The Morgan fingerprint density at radius 3 is 2.53 bits per heavy atom. The number of aldehydes is 1. The van der Waals surface area contributed by atoms with Crippen LogP contribution in [0.1, 0.15) is 51.0 Å². The van der Waals surface area contributed by atoms with Gasteiger partial charge in [-0.25, -0.2) is 0 Å². The van der Waals surface area contributed by atoms with E-state index in [9.17, 15) is 18.8 Å². The van der Waals surface area contributed by atoms with Crippen LogP contribution in [0.25, 0.3) is 17.7 Å². The van der Waals surface area contributed by atoms with Crippen molar-refractivity contribution < 1.29 is 18.3 Å². The third-order valence-corrected chi connectivity index (χ3v) is 5.16. The largest absolute Gasteiger partial charge is 0.496 e. The lowest BCUT2D eigenvalue weighted by atomic mass is 9.92. The average Bonchev–Trinajstić information content (AvgIpc) is 2.76. The Balaban J connectivity index is 2.10. The van der Waals surface area contributed by atoms with E-state index < -0.39 is 5.66 Å². The Morgan fingerprint density at radius 2 is 1.93 bits per heavy atom. The molecule has 0 saturated heterocycles. The highest BCUT2D eigenvalue weighted by Gasteiger charge is 2.28. The first kappa shape index (κ1) is 21.6. The van der Waals surface area contributed by atoms with E-state index in [-0.39, 0.29) is 22.4 Å². The maximum Gasteiger partial charge on any atom is 0.284 e. The van der Waals surface area contributed by atoms with Crippen molar-refractivity contribution in [3.05, 3.63) is 81.9 Å². The molecule has 0 aliphatic heterocycles. The molecule has 0 heterocycles. The van der Waals surface area contributed by atoms with Crippen LogP contribution < -0.4 is 4.74 Å². The molecule has 1 atom stereocenters. The molecule has 3 rings (SSSR count). The quantitative estimate of drug-likeness (QED) is 0.315. The monoisotopic (exact) mass is 423 g/mol. The molecule has 0 amide bonds. The molecule has 0 saturated carbocycles. The number of alkyl halides is 2. The summed E-state index contributed by atoms with van der Waals surface area (Å²) in [5, 5.41) is 9.74. The number of nitrogens with zero attached hydrogens (tertiary/aromatic N) is 1. The lowest BCUT2D eigenvalue weighted by Gasteiger charge is -2.16. The van der Waals surface area contributed by atoms with Crippen molar-refractivity contribution in [1.82, 2.24) is 0 Å². The summed E-state index contributed by atoms with van der Waals surface area (Å²) in [6.07, 6.45) is 11.6. The lowest BCUT2D eigenvalue weighted by molar-refractivity contribution is 0.103. The second-order valence-corrected chi connectivity index (χ2v) is 7.50. The van der Waals surface area contributed by atoms with E-state index in [2.05, 4.69) is 18.2 Å². The SMILES string of the molecule is COc1cc(/C=C/c2cccc(C3=CCCC=C3)c2C#N)c(C(F)(F)P)cc1C=O. The highest BCUT2D eigenvalue weighted by molar-refractivity contribution is 7.17. The van der Waals surface area contributed by atoms with Gasteiger partial charge in [0.25, 0.3) is 5.66 Å². The fraction of sp³-hybridized carbons (Fsp3) is 0.167. The number of halogens is 2. The van der Waals surface area contributed by atoms with Crippen molar-refractivity contribution >= 4 is 33.3 Å². The van der Waals surface area contributed by atoms with Crippen LogP contribution in [0.15, 0.2) is 48.6 Å². The van der Waals surface area contributed by atoms with Crippen molar-refractivity contribution in [3.63, 3.8) is 0 Å². The number of benzene rings is 2. The molecule has 1 aliphatic carbocycles. The normalized spacial score (nSPS) is 13.8. The second-order valence-electron chi connectivity index (χ2n) is 6.78. The van der Waals surface area contributed by atoms with E-state index >= 15 is 0 Å². The zero-order valence-electron chi connectivity index (χ0n) is 16.4. The fourth-order valence-corrected chi connectivity index (χ4v) is 3.62. The minimum atomic E-state index is -3.23. The van der Waals surface area contributed by atoms with Gasteiger partial charge in [0.15, 0.2) is 6.29 Å². The van der Waals surface area contributed by atoms with Crippen molar-refractivity contribution in [2.75, 3.05) is 7.11 Å². The van der Waals surface area contributed by atoms with Gasteiger partial charge in [-0.3, -0.25) is 4.79 Å².